The van der Waals surface area contributed by atoms with E-state index >= 15 is 0 Å². The fraction of sp³-hybridized carbons (Fsp3) is 0.222. The third-order valence-electron chi connectivity index (χ3n) is 3.96. The number of benzene rings is 2. The van der Waals surface area contributed by atoms with Crippen molar-refractivity contribution in [3.8, 4) is 0 Å². The summed E-state index contributed by atoms with van der Waals surface area (Å²) in [7, 11) is 0. The van der Waals surface area contributed by atoms with Gasteiger partial charge < -0.3 is 10.2 Å². The lowest BCUT2D eigenvalue weighted by Gasteiger charge is -2.15. The first kappa shape index (κ1) is 16.6. The molecule has 2 aromatic rings. The van der Waals surface area contributed by atoms with Crippen LogP contribution in [-0.2, 0) is 0 Å². The number of halogens is 2. The molecular formula is C18H16BrFN2O2. The van der Waals surface area contributed by atoms with E-state index in [1.54, 1.807) is 24.3 Å². The number of likely N-dealkylation sites (tertiary alicyclic amines) is 1. The highest BCUT2D eigenvalue weighted by Gasteiger charge is 2.19. The zero-order valence-corrected chi connectivity index (χ0v) is 14.5. The second kappa shape index (κ2) is 7.13. The summed E-state index contributed by atoms with van der Waals surface area (Å²) in [5.74, 6) is -0.740. The van der Waals surface area contributed by atoms with E-state index in [0.29, 0.717) is 21.3 Å². The topological polar surface area (TPSA) is 49.4 Å². The molecule has 2 aromatic carbocycles. The van der Waals surface area contributed by atoms with Gasteiger partial charge >= 0.3 is 0 Å². The molecule has 0 radical (unpaired) electrons. The van der Waals surface area contributed by atoms with E-state index in [4.69, 9.17) is 0 Å². The van der Waals surface area contributed by atoms with Crippen LogP contribution in [-0.4, -0.2) is 29.8 Å². The number of amides is 2. The van der Waals surface area contributed by atoms with Gasteiger partial charge in [-0.3, -0.25) is 9.59 Å². The minimum atomic E-state index is -0.414. The Morgan fingerprint density at radius 1 is 1.04 bits per heavy atom. The summed E-state index contributed by atoms with van der Waals surface area (Å²) in [6, 6.07) is 10.7. The average Bonchev–Trinajstić information content (AvgIpc) is 3.09. The number of carbonyl (C=O) groups is 2. The molecule has 124 valence electrons. The van der Waals surface area contributed by atoms with E-state index in [2.05, 4.69) is 21.2 Å². The zero-order chi connectivity index (χ0) is 17.1. The summed E-state index contributed by atoms with van der Waals surface area (Å²) in [5, 5.41) is 2.74. The van der Waals surface area contributed by atoms with Crippen LogP contribution < -0.4 is 5.32 Å². The lowest BCUT2D eigenvalue weighted by Crippen LogP contribution is -2.27. The summed E-state index contributed by atoms with van der Waals surface area (Å²) in [6.45, 7) is 1.60. The van der Waals surface area contributed by atoms with Crippen LogP contribution in [0.4, 0.5) is 10.1 Å². The van der Waals surface area contributed by atoms with E-state index in [0.717, 1.165) is 25.9 Å². The van der Waals surface area contributed by atoms with Gasteiger partial charge in [0.15, 0.2) is 0 Å². The van der Waals surface area contributed by atoms with Gasteiger partial charge in [0.05, 0.1) is 5.56 Å². The highest BCUT2D eigenvalue weighted by atomic mass is 79.9. The summed E-state index contributed by atoms with van der Waals surface area (Å²) < 4.78 is 13.5. The van der Waals surface area contributed by atoms with Crippen molar-refractivity contribution in [2.24, 2.45) is 0 Å². The second-order valence-electron chi connectivity index (χ2n) is 5.65. The molecule has 1 aliphatic rings. The molecule has 4 nitrogen and oxygen atoms in total. The zero-order valence-electron chi connectivity index (χ0n) is 12.9. The predicted molar refractivity (Wildman–Crippen MR) is 93.6 cm³/mol. The summed E-state index contributed by atoms with van der Waals surface area (Å²) >= 11 is 3.18. The maximum atomic E-state index is 13.1. The molecule has 2 amide bonds. The highest BCUT2D eigenvalue weighted by molar-refractivity contribution is 9.10. The van der Waals surface area contributed by atoms with Crippen LogP contribution >= 0.6 is 15.9 Å². The van der Waals surface area contributed by atoms with Crippen molar-refractivity contribution in [1.82, 2.24) is 4.90 Å². The molecule has 6 heteroatoms. The summed E-state index contributed by atoms with van der Waals surface area (Å²) in [5.41, 5.74) is 1.53. The lowest BCUT2D eigenvalue weighted by atomic mass is 10.1. The van der Waals surface area contributed by atoms with Gasteiger partial charge in [0, 0.05) is 28.8 Å². The smallest absolute Gasteiger partial charge is 0.256 e. The molecule has 0 spiro atoms. The molecule has 1 saturated heterocycles. The number of nitrogens with one attached hydrogen (secondary N) is 1. The molecule has 0 aliphatic carbocycles. The lowest BCUT2D eigenvalue weighted by molar-refractivity contribution is 0.0792. The van der Waals surface area contributed by atoms with Gasteiger partial charge in [-0.2, -0.15) is 0 Å². The third kappa shape index (κ3) is 3.64. The molecule has 0 saturated carbocycles. The molecule has 0 unspecified atom stereocenters. The molecule has 1 N–H and O–H groups in total. The van der Waals surface area contributed by atoms with Crippen LogP contribution in [0.2, 0.25) is 0 Å². The highest BCUT2D eigenvalue weighted by Crippen LogP contribution is 2.20. The minimum Gasteiger partial charge on any atom is -0.339 e. The Morgan fingerprint density at radius 2 is 1.71 bits per heavy atom. The Labute approximate surface area is 147 Å². The van der Waals surface area contributed by atoms with E-state index in [-0.39, 0.29) is 11.8 Å². The van der Waals surface area contributed by atoms with Gasteiger partial charge in [-0.05, 0) is 71.2 Å². The molecule has 24 heavy (non-hydrogen) atoms. The van der Waals surface area contributed by atoms with Crippen molar-refractivity contribution in [3.05, 3.63) is 63.9 Å². The van der Waals surface area contributed by atoms with Crippen molar-refractivity contribution in [2.45, 2.75) is 12.8 Å². The molecule has 1 heterocycles. The Hall–Kier alpha value is -2.21. The number of anilines is 1. The summed E-state index contributed by atoms with van der Waals surface area (Å²) in [6.07, 6.45) is 2.10. The van der Waals surface area contributed by atoms with Crippen LogP contribution in [0.25, 0.3) is 0 Å². The summed E-state index contributed by atoms with van der Waals surface area (Å²) in [4.78, 5) is 26.3. The maximum Gasteiger partial charge on any atom is 0.256 e. The molecule has 0 aromatic heterocycles. The van der Waals surface area contributed by atoms with Crippen molar-refractivity contribution < 1.29 is 14.0 Å². The molecule has 0 bridgehead atoms. The van der Waals surface area contributed by atoms with Gasteiger partial charge in [0.2, 0.25) is 0 Å². The van der Waals surface area contributed by atoms with Gasteiger partial charge in [0.25, 0.3) is 11.8 Å². The molecule has 1 aliphatic heterocycles. The Balaban J connectivity index is 1.69. The standard InChI is InChI=1S/C18H16BrFN2O2/c19-16-11-13(20)5-8-15(16)17(23)21-14-6-3-12(4-7-14)18(24)22-9-1-2-10-22/h3-8,11H,1-2,9-10H2,(H,21,23). The van der Waals surface area contributed by atoms with Crippen molar-refractivity contribution in [1.29, 1.82) is 0 Å². The van der Waals surface area contributed by atoms with E-state index in [9.17, 15) is 14.0 Å². The van der Waals surface area contributed by atoms with Gasteiger partial charge in [-0.1, -0.05) is 0 Å². The average molecular weight is 391 g/mol. The van der Waals surface area contributed by atoms with Gasteiger partial charge in [-0.15, -0.1) is 0 Å². The number of carbonyl (C=O) groups excluding carboxylic acids is 2. The van der Waals surface area contributed by atoms with E-state index < -0.39 is 5.82 Å². The van der Waals surface area contributed by atoms with Crippen molar-refractivity contribution in [2.75, 3.05) is 18.4 Å². The molecular weight excluding hydrogens is 375 g/mol. The van der Waals surface area contributed by atoms with Crippen LogP contribution in [0.15, 0.2) is 46.9 Å². The van der Waals surface area contributed by atoms with Crippen molar-refractivity contribution >= 4 is 33.4 Å². The molecule has 3 rings (SSSR count). The van der Waals surface area contributed by atoms with Crippen LogP contribution in [0, 0.1) is 5.82 Å². The molecule has 1 fully saturated rings. The van der Waals surface area contributed by atoms with Crippen LogP contribution in [0.1, 0.15) is 33.6 Å². The number of rotatable bonds is 3. The monoisotopic (exact) mass is 390 g/mol. The first-order valence-corrected chi connectivity index (χ1v) is 8.49. The third-order valence-corrected chi connectivity index (χ3v) is 4.61. The van der Waals surface area contributed by atoms with Crippen LogP contribution in [0.5, 0.6) is 0 Å². The van der Waals surface area contributed by atoms with Crippen LogP contribution in [0.3, 0.4) is 0 Å². The fourth-order valence-electron chi connectivity index (χ4n) is 2.67. The maximum absolute atomic E-state index is 13.1. The van der Waals surface area contributed by atoms with Crippen molar-refractivity contribution in [3.63, 3.8) is 0 Å². The second-order valence-corrected chi connectivity index (χ2v) is 6.51. The first-order chi connectivity index (χ1) is 11.5. The number of hydrogen-bond acceptors (Lipinski definition) is 2. The minimum absolute atomic E-state index is 0.0201. The fourth-order valence-corrected chi connectivity index (χ4v) is 3.20. The Kier molecular flexibility index (Phi) is 4.94. The Morgan fingerprint density at radius 3 is 2.33 bits per heavy atom. The largest absolute Gasteiger partial charge is 0.339 e. The quantitative estimate of drug-likeness (QED) is 0.858. The molecule has 0 atom stereocenters. The van der Waals surface area contributed by atoms with E-state index in [1.807, 2.05) is 4.90 Å². The predicted octanol–water partition coefficient (Wildman–Crippen LogP) is 4.08. The number of nitrogens with zero attached hydrogens (tertiary/aromatic N) is 1. The first-order valence-electron chi connectivity index (χ1n) is 7.70. The van der Waals surface area contributed by atoms with E-state index in [1.165, 1.54) is 18.2 Å². The van der Waals surface area contributed by atoms with Gasteiger partial charge in [0.1, 0.15) is 5.82 Å². The Bertz CT molecular complexity index is 771. The number of hydrogen-bond donors (Lipinski definition) is 1. The van der Waals surface area contributed by atoms with Gasteiger partial charge in [-0.25, -0.2) is 4.39 Å². The SMILES string of the molecule is O=C(Nc1ccc(C(=O)N2CCCC2)cc1)c1ccc(F)cc1Br. The normalized spacial score (nSPS) is 13.8.